The molecule has 6 nitrogen and oxygen atoms in total. The predicted molar refractivity (Wildman–Crippen MR) is 108 cm³/mol. The van der Waals surface area contributed by atoms with E-state index in [-0.39, 0.29) is 17.9 Å². The van der Waals surface area contributed by atoms with Crippen molar-refractivity contribution >= 4 is 34.1 Å². The first-order valence-electron chi connectivity index (χ1n) is 9.40. The predicted octanol–water partition coefficient (Wildman–Crippen LogP) is 3.57. The maximum atomic E-state index is 12.9. The number of anilines is 1. The van der Waals surface area contributed by atoms with Crippen LogP contribution in [0.25, 0.3) is 11.2 Å². The third kappa shape index (κ3) is 3.93. The molecule has 0 aromatic carbocycles. The Bertz CT molecular complexity index is 914. The molecule has 0 aliphatic carbocycles. The van der Waals surface area contributed by atoms with Crippen molar-refractivity contribution in [3.05, 3.63) is 47.0 Å². The molecule has 0 unspecified atom stereocenters. The molecule has 1 aliphatic rings. The van der Waals surface area contributed by atoms with Crippen molar-refractivity contribution in [3.63, 3.8) is 0 Å². The number of aromatic nitrogens is 3. The van der Waals surface area contributed by atoms with Gasteiger partial charge in [-0.25, -0.2) is 9.97 Å². The Labute approximate surface area is 162 Å². The van der Waals surface area contributed by atoms with Crippen LogP contribution in [0.5, 0.6) is 0 Å². The van der Waals surface area contributed by atoms with Gasteiger partial charge >= 0.3 is 0 Å². The summed E-state index contributed by atoms with van der Waals surface area (Å²) in [5.41, 5.74) is 2.44. The Balaban J connectivity index is 1.46. The lowest BCUT2D eigenvalue weighted by atomic mass is 9.96. The van der Waals surface area contributed by atoms with Gasteiger partial charge in [0, 0.05) is 30.4 Å². The Hall–Kier alpha value is -2.54. The fraction of sp³-hybridized carbons (Fsp3) is 0.400. The number of thiophene rings is 1. The van der Waals surface area contributed by atoms with Gasteiger partial charge in [-0.1, -0.05) is 13.0 Å². The summed E-state index contributed by atoms with van der Waals surface area (Å²) in [6.07, 6.45) is 7.97. The Morgan fingerprint density at radius 3 is 3.07 bits per heavy atom. The minimum absolute atomic E-state index is 0.00897. The van der Waals surface area contributed by atoms with Crippen molar-refractivity contribution in [1.82, 2.24) is 20.3 Å². The highest BCUT2D eigenvalue weighted by Gasteiger charge is 2.28. The number of nitrogens with zero attached hydrogens (tertiary/aromatic N) is 4. The van der Waals surface area contributed by atoms with Gasteiger partial charge in [-0.15, -0.1) is 11.3 Å². The summed E-state index contributed by atoms with van der Waals surface area (Å²) in [6, 6.07) is 6.24. The zero-order chi connectivity index (χ0) is 18.6. The number of amides is 1. The Kier molecular flexibility index (Phi) is 5.29. The molecule has 1 amide bonds. The maximum Gasteiger partial charge on any atom is 0.225 e. The number of carbonyl (C=O) groups is 1. The molecule has 1 N–H and O–H groups in total. The molecular formula is C20H23N5OS. The van der Waals surface area contributed by atoms with Gasteiger partial charge in [0.05, 0.1) is 23.8 Å². The second-order valence-corrected chi connectivity index (χ2v) is 7.84. The minimum atomic E-state index is -0.00897. The van der Waals surface area contributed by atoms with E-state index in [2.05, 4.69) is 43.5 Å². The quantitative estimate of drug-likeness (QED) is 0.732. The van der Waals surface area contributed by atoms with Crippen molar-refractivity contribution < 1.29 is 4.79 Å². The molecule has 7 heteroatoms. The third-order valence-electron chi connectivity index (χ3n) is 5.08. The lowest BCUT2D eigenvalue weighted by Gasteiger charge is -2.34. The summed E-state index contributed by atoms with van der Waals surface area (Å²) >= 11 is 1.70. The first kappa shape index (κ1) is 17.9. The van der Waals surface area contributed by atoms with Crippen molar-refractivity contribution in [2.45, 2.75) is 32.2 Å². The molecule has 1 saturated heterocycles. The molecule has 0 radical (unpaired) electrons. The molecule has 27 heavy (non-hydrogen) atoms. The van der Waals surface area contributed by atoms with Crippen LogP contribution in [0.3, 0.4) is 0 Å². The van der Waals surface area contributed by atoms with Crippen LogP contribution in [0.2, 0.25) is 0 Å². The average Bonchev–Trinajstić information content (AvgIpc) is 3.26. The summed E-state index contributed by atoms with van der Waals surface area (Å²) in [5.74, 6) is 0.138. The normalized spacial score (nSPS) is 18.4. The van der Waals surface area contributed by atoms with Gasteiger partial charge in [-0.2, -0.15) is 0 Å². The highest BCUT2D eigenvalue weighted by molar-refractivity contribution is 7.10. The highest BCUT2D eigenvalue weighted by atomic mass is 32.1. The second kappa shape index (κ2) is 8.00. The number of piperidine rings is 1. The van der Waals surface area contributed by atoms with Crippen LogP contribution in [0, 0.1) is 5.92 Å². The van der Waals surface area contributed by atoms with E-state index in [1.807, 2.05) is 18.3 Å². The minimum Gasteiger partial charge on any atom is -0.369 e. The summed E-state index contributed by atoms with van der Waals surface area (Å²) in [4.78, 5) is 29.3. The van der Waals surface area contributed by atoms with Crippen LogP contribution in [-0.4, -0.2) is 33.9 Å². The summed E-state index contributed by atoms with van der Waals surface area (Å²) in [7, 11) is 0. The van der Waals surface area contributed by atoms with E-state index >= 15 is 0 Å². The average molecular weight is 382 g/mol. The highest BCUT2D eigenvalue weighted by Crippen LogP contribution is 2.26. The first-order valence-corrected chi connectivity index (χ1v) is 10.3. The molecule has 4 rings (SSSR count). The number of rotatable bonds is 5. The fourth-order valence-corrected chi connectivity index (χ4v) is 4.46. The molecule has 2 atom stereocenters. The van der Waals surface area contributed by atoms with Crippen LogP contribution >= 0.6 is 11.3 Å². The molecular weight excluding hydrogens is 358 g/mol. The Morgan fingerprint density at radius 2 is 2.26 bits per heavy atom. The smallest absolute Gasteiger partial charge is 0.225 e. The van der Waals surface area contributed by atoms with E-state index in [0.29, 0.717) is 12.2 Å². The van der Waals surface area contributed by atoms with Gasteiger partial charge < -0.3 is 10.2 Å². The molecule has 3 aromatic rings. The lowest BCUT2D eigenvalue weighted by molar-refractivity contribution is -0.126. The van der Waals surface area contributed by atoms with Gasteiger partial charge in [-0.3, -0.25) is 9.78 Å². The molecule has 0 bridgehead atoms. The number of pyridine rings is 1. The van der Waals surface area contributed by atoms with E-state index in [1.54, 1.807) is 23.7 Å². The fourth-order valence-electron chi connectivity index (χ4n) is 3.60. The van der Waals surface area contributed by atoms with Crippen molar-refractivity contribution in [1.29, 1.82) is 0 Å². The molecule has 0 spiro atoms. The van der Waals surface area contributed by atoms with Gasteiger partial charge in [0.25, 0.3) is 0 Å². The SMILES string of the molecule is CC[C@@H](NC(=O)[C@@H]1CCCN(c2cnc3nccnc3c2)C1)c1cccs1. The van der Waals surface area contributed by atoms with E-state index in [4.69, 9.17) is 0 Å². The molecule has 1 fully saturated rings. The first-order chi connectivity index (χ1) is 13.2. The van der Waals surface area contributed by atoms with Crippen LogP contribution in [-0.2, 0) is 4.79 Å². The zero-order valence-electron chi connectivity index (χ0n) is 15.3. The van der Waals surface area contributed by atoms with Crippen molar-refractivity contribution in [2.24, 2.45) is 5.92 Å². The molecule has 3 aromatic heterocycles. The van der Waals surface area contributed by atoms with E-state index in [0.717, 1.165) is 37.0 Å². The zero-order valence-corrected chi connectivity index (χ0v) is 16.2. The second-order valence-electron chi connectivity index (χ2n) is 6.86. The van der Waals surface area contributed by atoms with Crippen molar-refractivity contribution in [3.8, 4) is 0 Å². The topological polar surface area (TPSA) is 71.0 Å². The third-order valence-corrected chi connectivity index (χ3v) is 6.06. The Morgan fingerprint density at radius 1 is 1.37 bits per heavy atom. The standard InChI is InChI=1S/C20H23N5OS/c1-2-16(18-6-4-10-27-18)24-20(26)14-5-3-9-25(13-14)15-11-17-19(23-12-15)22-8-7-21-17/h4,6-8,10-12,14,16H,2-3,5,9,13H2,1H3,(H,24,26)/t14-,16-/m1/s1. The maximum absolute atomic E-state index is 12.9. The van der Waals surface area contributed by atoms with Gasteiger partial charge in [0.2, 0.25) is 5.91 Å². The van der Waals surface area contributed by atoms with E-state index in [9.17, 15) is 4.79 Å². The number of carbonyl (C=O) groups excluding carboxylic acids is 1. The molecule has 0 saturated carbocycles. The van der Waals surface area contributed by atoms with E-state index in [1.165, 1.54) is 4.88 Å². The van der Waals surface area contributed by atoms with E-state index < -0.39 is 0 Å². The van der Waals surface area contributed by atoms with Crippen LogP contribution in [0.1, 0.15) is 37.1 Å². The van der Waals surface area contributed by atoms with Crippen molar-refractivity contribution in [2.75, 3.05) is 18.0 Å². The lowest BCUT2D eigenvalue weighted by Crippen LogP contribution is -2.44. The number of hydrogen-bond donors (Lipinski definition) is 1. The molecule has 140 valence electrons. The monoisotopic (exact) mass is 381 g/mol. The van der Waals surface area contributed by atoms with Crippen LogP contribution in [0.15, 0.2) is 42.2 Å². The number of hydrogen-bond acceptors (Lipinski definition) is 6. The summed E-state index contributed by atoms with van der Waals surface area (Å²) in [6.45, 7) is 3.75. The summed E-state index contributed by atoms with van der Waals surface area (Å²) in [5, 5.41) is 5.30. The van der Waals surface area contributed by atoms with Gasteiger partial charge in [0.1, 0.15) is 5.52 Å². The van der Waals surface area contributed by atoms with Crippen LogP contribution < -0.4 is 10.2 Å². The largest absolute Gasteiger partial charge is 0.369 e. The molecule has 1 aliphatic heterocycles. The van der Waals surface area contributed by atoms with Gasteiger partial charge in [-0.05, 0) is 36.8 Å². The number of fused-ring (bicyclic) bond motifs is 1. The van der Waals surface area contributed by atoms with Gasteiger partial charge in [0.15, 0.2) is 5.65 Å². The van der Waals surface area contributed by atoms with Crippen LogP contribution in [0.4, 0.5) is 5.69 Å². The summed E-state index contributed by atoms with van der Waals surface area (Å²) < 4.78 is 0. The molecule has 4 heterocycles. The number of nitrogens with one attached hydrogen (secondary N) is 1.